The van der Waals surface area contributed by atoms with Crippen molar-refractivity contribution in [3.63, 3.8) is 0 Å². The summed E-state index contributed by atoms with van der Waals surface area (Å²) in [6.45, 7) is 5.87. The van der Waals surface area contributed by atoms with Gasteiger partial charge in [0.05, 0.1) is 0 Å². The number of anilines is 1. The molecule has 0 fully saturated rings. The molecule has 0 saturated heterocycles. The standard InChI is InChI=1S/C16H16ClNO/c1-10-7-8-13(9-14(10)17)16(19)18-15-11(2)5-4-6-12(15)3/h4-9H,1-3H3,(H,18,19). The van der Waals surface area contributed by atoms with E-state index < -0.39 is 0 Å². The van der Waals surface area contributed by atoms with Gasteiger partial charge in [0.1, 0.15) is 0 Å². The van der Waals surface area contributed by atoms with Crippen molar-refractivity contribution in [1.29, 1.82) is 0 Å². The van der Waals surface area contributed by atoms with E-state index in [1.54, 1.807) is 12.1 Å². The van der Waals surface area contributed by atoms with E-state index >= 15 is 0 Å². The number of benzene rings is 2. The molecule has 2 aromatic rings. The maximum Gasteiger partial charge on any atom is 0.255 e. The highest BCUT2D eigenvalue weighted by Crippen LogP contribution is 2.22. The van der Waals surface area contributed by atoms with Gasteiger partial charge in [0.2, 0.25) is 0 Å². The Morgan fingerprint density at radius 1 is 1.00 bits per heavy atom. The average molecular weight is 274 g/mol. The molecule has 98 valence electrons. The Morgan fingerprint density at radius 2 is 1.63 bits per heavy atom. The molecule has 0 unspecified atom stereocenters. The number of aryl methyl sites for hydroxylation is 3. The second-order valence-corrected chi connectivity index (χ2v) is 5.09. The molecule has 3 heteroatoms. The summed E-state index contributed by atoms with van der Waals surface area (Å²) in [4.78, 5) is 12.2. The van der Waals surface area contributed by atoms with E-state index in [9.17, 15) is 4.79 Å². The lowest BCUT2D eigenvalue weighted by Gasteiger charge is -2.11. The molecule has 1 amide bonds. The van der Waals surface area contributed by atoms with Crippen molar-refractivity contribution in [3.8, 4) is 0 Å². The molecule has 0 spiro atoms. The fourth-order valence-corrected chi connectivity index (χ4v) is 2.11. The first-order valence-corrected chi connectivity index (χ1v) is 6.50. The first-order chi connectivity index (χ1) is 8.99. The quantitative estimate of drug-likeness (QED) is 0.856. The van der Waals surface area contributed by atoms with Gasteiger partial charge in [-0.25, -0.2) is 0 Å². The fourth-order valence-electron chi connectivity index (χ4n) is 1.93. The van der Waals surface area contributed by atoms with Crippen LogP contribution in [0.5, 0.6) is 0 Å². The number of carbonyl (C=O) groups is 1. The molecule has 0 saturated carbocycles. The van der Waals surface area contributed by atoms with Crippen LogP contribution in [0.4, 0.5) is 5.69 Å². The average Bonchev–Trinajstić information content (AvgIpc) is 2.37. The molecule has 0 aliphatic carbocycles. The summed E-state index contributed by atoms with van der Waals surface area (Å²) in [5, 5.41) is 3.55. The molecule has 0 aliphatic heterocycles. The maximum absolute atomic E-state index is 12.2. The number of carbonyl (C=O) groups excluding carboxylic acids is 1. The Labute approximate surface area is 118 Å². The smallest absolute Gasteiger partial charge is 0.255 e. The molecule has 0 bridgehead atoms. The van der Waals surface area contributed by atoms with Crippen LogP contribution in [0.1, 0.15) is 27.0 Å². The molecule has 0 heterocycles. The van der Waals surface area contributed by atoms with Gasteiger partial charge in [-0.15, -0.1) is 0 Å². The Morgan fingerprint density at radius 3 is 2.21 bits per heavy atom. The molecule has 0 radical (unpaired) electrons. The van der Waals surface area contributed by atoms with Gasteiger partial charge in [0.25, 0.3) is 5.91 Å². The SMILES string of the molecule is Cc1ccc(C(=O)Nc2c(C)cccc2C)cc1Cl. The summed E-state index contributed by atoms with van der Waals surface area (Å²) < 4.78 is 0. The molecule has 2 aromatic carbocycles. The number of halogens is 1. The normalized spacial score (nSPS) is 10.3. The van der Waals surface area contributed by atoms with Crippen LogP contribution in [-0.2, 0) is 0 Å². The lowest BCUT2D eigenvalue weighted by atomic mass is 10.1. The van der Waals surface area contributed by atoms with Crippen molar-refractivity contribution < 1.29 is 4.79 Å². The molecule has 2 rings (SSSR count). The molecule has 0 atom stereocenters. The molecule has 19 heavy (non-hydrogen) atoms. The number of para-hydroxylation sites is 1. The van der Waals surface area contributed by atoms with E-state index in [2.05, 4.69) is 5.32 Å². The zero-order chi connectivity index (χ0) is 14.0. The zero-order valence-corrected chi connectivity index (χ0v) is 12.0. The number of hydrogen-bond donors (Lipinski definition) is 1. The largest absolute Gasteiger partial charge is 0.322 e. The van der Waals surface area contributed by atoms with Gasteiger partial charge in [-0.2, -0.15) is 0 Å². The Bertz CT molecular complexity index is 614. The topological polar surface area (TPSA) is 29.1 Å². The predicted molar refractivity (Wildman–Crippen MR) is 80.1 cm³/mol. The van der Waals surface area contributed by atoms with Crippen LogP contribution in [0.3, 0.4) is 0 Å². The maximum atomic E-state index is 12.2. The van der Waals surface area contributed by atoms with E-state index in [1.165, 1.54) is 0 Å². The summed E-state index contributed by atoms with van der Waals surface area (Å²) in [5.41, 5.74) is 4.49. The second-order valence-electron chi connectivity index (χ2n) is 4.68. The lowest BCUT2D eigenvalue weighted by molar-refractivity contribution is 0.102. The van der Waals surface area contributed by atoms with E-state index in [0.29, 0.717) is 10.6 Å². The van der Waals surface area contributed by atoms with Crippen LogP contribution in [0.25, 0.3) is 0 Å². The van der Waals surface area contributed by atoms with E-state index in [0.717, 1.165) is 22.4 Å². The third kappa shape index (κ3) is 2.96. The van der Waals surface area contributed by atoms with Crippen molar-refractivity contribution >= 4 is 23.2 Å². The summed E-state index contributed by atoms with van der Waals surface area (Å²) in [6, 6.07) is 11.3. The monoisotopic (exact) mass is 273 g/mol. The first kappa shape index (κ1) is 13.6. The third-order valence-electron chi connectivity index (χ3n) is 3.15. The molecule has 1 N–H and O–H groups in total. The second kappa shape index (κ2) is 5.45. The van der Waals surface area contributed by atoms with Crippen LogP contribution in [0.2, 0.25) is 5.02 Å². The van der Waals surface area contributed by atoms with Gasteiger partial charge in [-0.05, 0) is 49.6 Å². The van der Waals surface area contributed by atoms with Gasteiger partial charge < -0.3 is 5.32 Å². The Hall–Kier alpha value is -1.80. The predicted octanol–water partition coefficient (Wildman–Crippen LogP) is 4.52. The van der Waals surface area contributed by atoms with Crippen molar-refractivity contribution in [2.24, 2.45) is 0 Å². The van der Waals surface area contributed by atoms with Gasteiger partial charge in [-0.3, -0.25) is 4.79 Å². The van der Waals surface area contributed by atoms with E-state index in [-0.39, 0.29) is 5.91 Å². The van der Waals surface area contributed by atoms with Crippen LogP contribution < -0.4 is 5.32 Å². The van der Waals surface area contributed by atoms with Crippen LogP contribution in [0, 0.1) is 20.8 Å². The number of rotatable bonds is 2. The van der Waals surface area contributed by atoms with Crippen LogP contribution in [0.15, 0.2) is 36.4 Å². The molecule has 0 aliphatic rings. The Kier molecular flexibility index (Phi) is 3.91. The van der Waals surface area contributed by atoms with Crippen LogP contribution >= 0.6 is 11.6 Å². The van der Waals surface area contributed by atoms with Crippen molar-refractivity contribution in [2.45, 2.75) is 20.8 Å². The summed E-state index contributed by atoms with van der Waals surface area (Å²) in [5.74, 6) is -0.140. The highest BCUT2D eigenvalue weighted by atomic mass is 35.5. The zero-order valence-electron chi connectivity index (χ0n) is 11.3. The van der Waals surface area contributed by atoms with Gasteiger partial charge in [0.15, 0.2) is 0 Å². The molecule has 0 aromatic heterocycles. The van der Waals surface area contributed by atoms with Crippen molar-refractivity contribution in [1.82, 2.24) is 0 Å². The number of nitrogens with one attached hydrogen (secondary N) is 1. The van der Waals surface area contributed by atoms with Gasteiger partial charge >= 0.3 is 0 Å². The minimum absolute atomic E-state index is 0.140. The lowest BCUT2D eigenvalue weighted by Crippen LogP contribution is -2.13. The van der Waals surface area contributed by atoms with Crippen molar-refractivity contribution in [3.05, 3.63) is 63.7 Å². The first-order valence-electron chi connectivity index (χ1n) is 6.13. The Balaban J connectivity index is 2.28. The fraction of sp³-hybridized carbons (Fsp3) is 0.188. The van der Waals surface area contributed by atoms with Gasteiger partial charge in [-0.1, -0.05) is 35.9 Å². The number of amides is 1. The molecular weight excluding hydrogens is 258 g/mol. The highest BCUT2D eigenvalue weighted by molar-refractivity contribution is 6.31. The minimum Gasteiger partial charge on any atom is -0.322 e. The van der Waals surface area contributed by atoms with Crippen LogP contribution in [-0.4, -0.2) is 5.91 Å². The minimum atomic E-state index is -0.140. The third-order valence-corrected chi connectivity index (χ3v) is 3.56. The van der Waals surface area contributed by atoms with E-state index in [1.807, 2.05) is 45.0 Å². The molecular formula is C16H16ClNO. The summed E-state index contributed by atoms with van der Waals surface area (Å²) in [6.07, 6.45) is 0. The van der Waals surface area contributed by atoms with Crippen molar-refractivity contribution in [2.75, 3.05) is 5.32 Å². The van der Waals surface area contributed by atoms with E-state index in [4.69, 9.17) is 11.6 Å². The summed E-state index contributed by atoms with van der Waals surface area (Å²) >= 11 is 6.04. The summed E-state index contributed by atoms with van der Waals surface area (Å²) in [7, 11) is 0. The van der Waals surface area contributed by atoms with Gasteiger partial charge in [0, 0.05) is 16.3 Å². The molecule has 2 nitrogen and oxygen atoms in total. The highest BCUT2D eigenvalue weighted by Gasteiger charge is 2.10. The number of hydrogen-bond acceptors (Lipinski definition) is 1.